The Hall–Kier alpha value is -2.24. The van der Waals surface area contributed by atoms with Crippen LogP contribution in [0.3, 0.4) is 0 Å². The van der Waals surface area contributed by atoms with Crippen LogP contribution < -0.4 is 0 Å². The van der Waals surface area contributed by atoms with Crippen molar-refractivity contribution in [2.45, 2.75) is 6.61 Å². The first kappa shape index (κ1) is 13.7. The third-order valence-electron chi connectivity index (χ3n) is 2.93. The Labute approximate surface area is 127 Å². The molecule has 0 aliphatic rings. The van der Waals surface area contributed by atoms with Gasteiger partial charge in [0.15, 0.2) is 11.6 Å². The lowest BCUT2D eigenvalue weighted by molar-refractivity contribution is 0.177. The number of ether oxygens (including phenoxy) is 1. The molecular weight excluding hydrogens is 288 g/mol. The lowest BCUT2D eigenvalue weighted by Crippen LogP contribution is -2.04. The molecule has 106 valence electrons. The molecule has 3 rings (SSSR count). The second-order valence-electron chi connectivity index (χ2n) is 4.44. The quantitative estimate of drug-likeness (QED) is 0.695. The average molecular weight is 301 g/mol. The minimum absolute atomic E-state index is 0.306. The van der Waals surface area contributed by atoms with Gasteiger partial charge in [0.2, 0.25) is 0 Å². The van der Waals surface area contributed by atoms with E-state index in [9.17, 15) is 0 Å². The molecule has 0 fully saturated rings. The largest absolute Gasteiger partial charge is 0.377 e. The molecule has 6 heteroatoms. The topological polar surface area (TPSA) is 52.8 Å². The van der Waals surface area contributed by atoms with E-state index in [1.54, 1.807) is 24.1 Å². The van der Waals surface area contributed by atoms with E-state index in [1.165, 1.54) is 0 Å². The van der Waals surface area contributed by atoms with Crippen LogP contribution in [0.5, 0.6) is 0 Å². The Balaban J connectivity index is 1.96. The molecule has 0 aliphatic heterocycles. The predicted molar refractivity (Wildman–Crippen MR) is 80.3 cm³/mol. The van der Waals surface area contributed by atoms with Crippen LogP contribution in [0.25, 0.3) is 16.9 Å². The van der Waals surface area contributed by atoms with Crippen molar-refractivity contribution in [2.75, 3.05) is 7.11 Å². The van der Waals surface area contributed by atoms with Crippen molar-refractivity contribution in [2.24, 2.45) is 0 Å². The number of benzene rings is 1. The van der Waals surface area contributed by atoms with Crippen molar-refractivity contribution in [3.63, 3.8) is 0 Å². The first-order valence-corrected chi connectivity index (χ1v) is 6.77. The zero-order chi connectivity index (χ0) is 14.7. The van der Waals surface area contributed by atoms with Gasteiger partial charge in [-0.15, -0.1) is 0 Å². The van der Waals surface area contributed by atoms with Crippen LogP contribution in [-0.4, -0.2) is 26.9 Å². The molecule has 0 N–H and O–H groups in total. The molecule has 2 heterocycles. The number of rotatable bonds is 4. The van der Waals surface area contributed by atoms with Crippen LogP contribution in [0, 0.1) is 0 Å². The van der Waals surface area contributed by atoms with Gasteiger partial charge in [0.05, 0.1) is 6.20 Å². The molecule has 2 aromatic heterocycles. The number of methoxy groups -OCH3 is 1. The Bertz CT molecular complexity index is 742. The number of hydrogen-bond acceptors (Lipinski definition) is 4. The van der Waals surface area contributed by atoms with E-state index in [4.69, 9.17) is 16.3 Å². The van der Waals surface area contributed by atoms with Gasteiger partial charge in [-0.25, -0.2) is 14.6 Å². The van der Waals surface area contributed by atoms with Gasteiger partial charge in [0.1, 0.15) is 11.8 Å². The van der Waals surface area contributed by atoms with Crippen molar-refractivity contribution >= 4 is 11.6 Å². The summed E-state index contributed by atoms with van der Waals surface area (Å²) in [5.74, 6) is 1.14. The highest BCUT2D eigenvalue weighted by Gasteiger charge is 2.08. The summed E-state index contributed by atoms with van der Waals surface area (Å²) in [5, 5.41) is 4.70. The summed E-state index contributed by atoms with van der Waals surface area (Å²) in [6.45, 7) is 0.306. The lowest BCUT2D eigenvalue weighted by Gasteiger charge is -2.04. The number of aromatic nitrogens is 4. The summed E-state index contributed by atoms with van der Waals surface area (Å²) in [7, 11) is 1.59. The second kappa shape index (κ2) is 6.03. The van der Waals surface area contributed by atoms with E-state index < -0.39 is 0 Å². The maximum absolute atomic E-state index is 6.01. The summed E-state index contributed by atoms with van der Waals surface area (Å²) in [4.78, 5) is 8.48. The normalized spacial score (nSPS) is 10.8. The van der Waals surface area contributed by atoms with Gasteiger partial charge in [-0.05, 0) is 5.56 Å². The second-order valence-corrected chi connectivity index (χ2v) is 4.82. The number of halogens is 1. The molecule has 21 heavy (non-hydrogen) atoms. The SMILES string of the molecule is COCc1nc(Cl)cc(-n2cc(-c3ccccc3)cn2)n1. The molecule has 0 bridgehead atoms. The molecule has 0 radical (unpaired) electrons. The summed E-state index contributed by atoms with van der Waals surface area (Å²) >= 11 is 6.01. The Morgan fingerprint density at radius 1 is 1.14 bits per heavy atom. The van der Waals surface area contributed by atoms with E-state index in [0.717, 1.165) is 11.1 Å². The van der Waals surface area contributed by atoms with Crippen molar-refractivity contribution in [3.05, 3.63) is 59.8 Å². The van der Waals surface area contributed by atoms with Gasteiger partial charge >= 0.3 is 0 Å². The maximum Gasteiger partial charge on any atom is 0.158 e. The van der Waals surface area contributed by atoms with Gasteiger partial charge in [0, 0.05) is 24.9 Å². The van der Waals surface area contributed by atoms with Gasteiger partial charge in [0.25, 0.3) is 0 Å². The number of hydrogen-bond donors (Lipinski definition) is 0. The Kier molecular flexibility index (Phi) is 3.94. The first-order valence-electron chi connectivity index (χ1n) is 6.39. The molecule has 0 aliphatic carbocycles. The van der Waals surface area contributed by atoms with Crippen LogP contribution in [0.4, 0.5) is 0 Å². The van der Waals surface area contributed by atoms with E-state index in [2.05, 4.69) is 15.1 Å². The van der Waals surface area contributed by atoms with Gasteiger partial charge < -0.3 is 4.74 Å². The lowest BCUT2D eigenvalue weighted by atomic mass is 10.1. The zero-order valence-electron chi connectivity index (χ0n) is 11.4. The smallest absolute Gasteiger partial charge is 0.158 e. The zero-order valence-corrected chi connectivity index (χ0v) is 12.2. The molecule has 3 aromatic rings. The molecule has 0 unspecified atom stereocenters. The van der Waals surface area contributed by atoms with E-state index in [1.807, 2.05) is 36.5 Å². The Morgan fingerprint density at radius 3 is 2.71 bits per heavy atom. The number of nitrogens with zero attached hydrogens (tertiary/aromatic N) is 4. The minimum Gasteiger partial charge on any atom is -0.377 e. The third kappa shape index (κ3) is 3.09. The molecular formula is C15H13ClN4O. The molecule has 0 saturated carbocycles. The molecule has 5 nitrogen and oxygen atoms in total. The summed E-state index contributed by atoms with van der Waals surface area (Å²) in [6, 6.07) is 11.7. The molecule has 0 saturated heterocycles. The van der Waals surface area contributed by atoms with Crippen molar-refractivity contribution in [1.29, 1.82) is 0 Å². The third-order valence-corrected chi connectivity index (χ3v) is 3.12. The first-order chi connectivity index (χ1) is 10.3. The maximum atomic E-state index is 6.01. The Morgan fingerprint density at radius 2 is 1.95 bits per heavy atom. The van der Waals surface area contributed by atoms with Crippen LogP contribution in [-0.2, 0) is 11.3 Å². The van der Waals surface area contributed by atoms with E-state index >= 15 is 0 Å². The van der Waals surface area contributed by atoms with Crippen molar-refractivity contribution in [3.8, 4) is 16.9 Å². The fourth-order valence-electron chi connectivity index (χ4n) is 1.99. The fourth-order valence-corrected chi connectivity index (χ4v) is 2.19. The highest BCUT2D eigenvalue weighted by molar-refractivity contribution is 6.29. The fraction of sp³-hybridized carbons (Fsp3) is 0.133. The van der Waals surface area contributed by atoms with Gasteiger partial charge in [-0.3, -0.25) is 0 Å². The van der Waals surface area contributed by atoms with E-state index in [0.29, 0.717) is 23.4 Å². The molecule has 1 aromatic carbocycles. The summed E-state index contributed by atoms with van der Waals surface area (Å²) < 4.78 is 6.71. The highest BCUT2D eigenvalue weighted by atomic mass is 35.5. The van der Waals surface area contributed by atoms with E-state index in [-0.39, 0.29) is 0 Å². The van der Waals surface area contributed by atoms with Gasteiger partial charge in [-0.2, -0.15) is 5.10 Å². The van der Waals surface area contributed by atoms with Crippen LogP contribution in [0.15, 0.2) is 48.8 Å². The predicted octanol–water partition coefficient (Wildman–Crippen LogP) is 3.13. The van der Waals surface area contributed by atoms with Crippen LogP contribution in [0.1, 0.15) is 5.82 Å². The van der Waals surface area contributed by atoms with Gasteiger partial charge in [-0.1, -0.05) is 41.9 Å². The van der Waals surface area contributed by atoms with Crippen LogP contribution in [0.2, 0.25) is 5.15 Å². The van der Waals surface area contributed by atoms with Crippen molar-refractivity contribution < 1.29 is 4.74 Å². The summed E-state index contributed by atoms with van der Waals surface area (Å²) in [5.41, 5.74) is 2.11. The molecule has 0 spiro atoms. The molecule has 0 atom stereocenters. The highest BCUT2D eigenvalue weighted by Crippen LogP contribution is 2.20. The monoisotopic (exact) mass is 300 g/mol. The van der Waals surface area contributed by atoms with Crippen LogP contribution >= 0.6 is 11.6 Å². The molecule has 0 amide bonds. The standard InChI is InChI=1S/C15H13ClN4O/c1-21-10-14-18-13(16)7-15(19-14)20-9-12(8-17-20)11-5-3-2-4-6-11/h2-9H,10H2,1H3. The van der Waals surface area contributed by atoms with Crippen molar-refractivity contribution in [1.82, 2.24) is 19.7 Å². The minimum atomic E-state index is 0.306. The summed E-state index contributed by atoms with van der Waals surface area (Å²) in [6.07, 6.45) is 3.70. The average Bonchev–Trinajstić information content (AvgIpc) is 2.98.